The van der Waals surface area contributed by atoms with Crippen LogP contribution in [0.1, 0.15) is 31.2 Å². The number of aryl methyl sites for hydroxylation is 1. The molecule has 0 amide bonds. The first-order valence-corrected chi connectivity index (χ1v) is 6.40. The van der Waals surface area contributed by atoms with E-state index in [1.54, 1.807) is 0 Å². The van der Waals surface area contributed by atoms with Crippen molar-refractivity contribution in [3.8, 4) is 0 Å². The topological polar surface area (TPSA) is 27.6 Å². The largest absolute Gasteiger partial charge is 0.358 e. The van der Waals surface area contributed by atoms with Gasteiger partial charge in [0.15, 0.2) is 0 Å². The molecule has 86 valence electrons. The third-order valence-corrected chi connectivity index (χ3v) is 2.31. The van der Waals surface area contributed by atoms with Crippen LogP contribution in [-0.2, 0) is 6.42 Å². The number of rotatable bonds is 6. The summed E-state index contributed by atoms with van der Waals surface area (Å²) in [6.45, 7) is 1.09. The minimum Gasteiger partial charge on any atom is -0.358 e. The Morgan fingerprint density at radius 2 is 1.53 bits per heavy atom. The molecule has 0 fully saturated rings. The lowest BCUT2D eigenvalue weighted by Crippen LogP contribution is -2.50. The highest BCUT2D eigenvalue weighted by molar-refractivity contribution is 6.15. The normalized spacial score (nSPS) is 9.27. The van der Waals surface area contributed by atoms with Crippen molar-refractivity contribution >= 4 is 11.6 Å². The molecule has 0 aromatic heterocycles. The summed E-state index contributed by atoms with van der Waals surface area (Å²) in [5, 5.41) is 0. The zero-order chi connectivity index (χ0) is 11.4. The van der Waals surface area contributed by atoms with Crippen molar-refractivity contribution in [3.05, 3.63) is 35.9 Å². The Balaban J connectivity index is 0.000000921. The SMILES string of the molecule is CCl.[NH3+]CCCCCCc1ccccc1. The monoisotopic (exact) mass is 228 g/mol. The van der Waals surface area contributed by atoms with Crippen LogP contribution in [0, 0.1) is 0 Å². The molecule has 3 N–H and O–H groups in total. The van der Waals surface area contributed by atoms with Gasteiger partial charge in [0.2, 0.25) is 0 Å². The van der Waals surface area contributed by atoms with Gasteiger partial charge in [0.1, 0.15) is 0 Å². The Labute approximate surface area is 98.6 Å². The molecule has 1 rings (SSSR count). The summed E-state index contributed by atoms with van der Waals surface area (Å²) >= 11 is 4.64. The number of quaternary nitrogens is 1. The molecule has 15 heavy (non-hydrogen) atoms. The predicted octanol–water partition coefficient (Wildman–Crippen LogP) is 2.89. The van der Waals surface area contributed by atoms with E-state index in [-0.39, 0.29) is 0 Å². The Hall–Kier alpha value is -0.530. The standard InChI is InChI=1S/C12H19N.CH3Cl/c13-11-7-2-1-4-8-12-9-5-3-6-10-12;1-2/h3,5-6,9-10H,1-2,4,7-8,11,13H2;1H3/p+1. The lowest BCUT2D eigenvalue weighted by molar-refractivity contribution is -0.368. The smallest absolute Gasteiger partial charge is 0.0739 e. The fraction of sp³-hybridized carbons (Fsp3) is 0.538. The zero-order valence-electron chi connectivity index (χ0n) is 9.71. The first-order valence-electron chi connectivity index (χ1n) is 5.64. The Morgan fingerprint density at radius 3 is 2.13 bits per heavy atom. The van der Waals surface area contributed by atoms with Gasteiger partial charge in [-0.15, -0.1) is 11.6 Å². The molecule has 1 aromatic rings. The third kappa shape index (κ3) is 8.46. The minimum atomic E-state index is 1.09. The van der Waals surface area contributed by atoms with E-state index in [0.717, 1.165) is 6.54 Å². The number of alkyl halides is 1. The quantitative estimate of drug-likeness (QED) is 0.573. The van der Waals surface area contributed by atoms with Crippen molar-refractivity contribution in [1.82, 2.24) is 0 Å². The van der Waals surface area contributed by atoms with Crippen LogP contribution in [0.3, 0.4) is 0 Å². The maximum Gasteiger partial charge on any atom is 0.0739 e. The summed E-state index contributed by atoms with van der Waals surface area (Å²) in [4.78, 5) is 0. The second-order valence-electron chi connectivity index (χ2n) is 3.50. The molecule has 0 heterocycles. The van der Waals surface area contributed by atoms with E-state index in [9.17, 15) is 0 Å². The maximum absolute atomic E-state index is 4.64. The highest BCUT2D eigenvalue weighted by atomic mass is 35.5. The zero-order valence-corrected chi connectivity index (χ0v) is 10.5. The minimum absolute atomic E-state index is 1.09. The lowest BCUT2D eigenvalue weighted by atomic mass is 10.1. The molecule has 0 spiro atoms. The van der Waals surface area contributed by atoms with Crippen LogP contribution in [0.15, 0.2) is 30.3 Å². The average molecular weight is 229 g/mol. The second-order valence-corrected chi connectivity index (χ2v) is 3.50. The van der Waals surface area contributed by atoms with Crippen molar-refractivity contribution in [1.29, 1.82) is 0 Å². The molecule has 0 radical (unpaired) electrons. The molecule has 2 heteroatoms. The van der Waals surface area contributed by atoms with E-state index in [1.807, 2.05) is 0 Å². The van der Waals surface area contributed by atoms with Crippen molar-refractivity contribution in [3.63, 3.8) is 0 Å². The van der Waals surface area contributed by atoms with E-state index in [0.29, 0.717) is 0 Å². The van der Waals surface area contributed by atoms with Crippen LogP contribution in [0.2, 0.25) is 0 Å². The lowest BCUT2D eigenvalue weighted by Gasteiger charge is -2.00. The summed E-state index contributed by atoms with van der Waals surface area (Å²) < 4.78 is 0. The molecule has 1 nitrogen and oxygen atoms in total. The van der Waals surface area contributed by atoms with Gasteiger partial charge in [-0.25, -0.2) is 0 Å². The van der Waals surface area contributed by atoms with Crippen molar-refractivity contribution in [2.45, 2.75) is 32.1 Å². The first-order chi connectivity index (χ1) is 7.43. The Morgan fingerprint density at radius 1 is 0.933 bits per heavy atom. The Bertz CT molecular complexity index is 211. The van der Waals surface area contributed by atoms with Gasteiger partial charge in [-0.05, 0) is 31.2 Å². The molecule has 0 bridgehead atoms. The average Bonchev–Trinajstić information content (AvgIpc) is 2.33. The number of benzene rings is 1. The van der Waals surface area contributed by atoms with E-state index in [2.05, 4.69) is 47.7 Å². The molecule has 0 saturated heterocycles. The highest BCUT2D eigenvalue weighted by Crippen LogP contribution is 2.06. The van der Waals surface area contributed by atoms with E-state index in [1.165, 1.54) is 44.1 Å². The van der Waals surface area contributed by atoms with Gasteiger partial charge >= 0.3 is 0 Å². The summed E-state index contributed by atoms with van der Waals surface area (Å²) in [5.41, 5.74) is 5.31. The number of halogens is 1. The number of hydrogen-bond donors (Lipinski definition) is 1. The summed E-state index contributed by atoms with van der Waals surface area (Å²) in [6.07, 6.45) is 8.01. The molecular formula is C13H23ClN+. The highest BCUT2D eigenvalue weighted by Gasteiger charge is 1.92. The van der Waals surface area contributed by atoms with Crippen molar-refractivity contribution < 1.29 is 5.73 Å². The van der Waals surface area contributed by atoms with Gasteiger partial charge in [0.25, 0.3) is 0 Å². The molecule has 0 aliphatic heterocycles. The fourth-order valence-electron chi connectivity index (χ4n) is 1.50. The van der Waals surface area contributed by atoms with Crippen LogP contribution in [0.25, 0.3) is 0 Å². The molecule has 1 aromatic carbocycles. The van der Waals surface area contributed by atoms with Crippen molar-refractivity contribution in [2.24, 2.45) is 0 Å². The fourth-order valence-corrected chi connectivity index (χ4v) is 1.50. The van der Waals surface area contributed by atoms with Crippen LogP contribution < -0.4 is 5.73 Å². The van der Waals surface area contributed by atoms with Gasteiger partial charge in [-0.2, -0.15) is 0 Å². The van der Waals surface area contributed by atoms with E-state index >= 15 is 0 Å². The number of unbranched alkanes of at least 4 members (excludes halogenated alkanes) is 3. The van der Waals surface area contributed by atoms with E-state index < -0.39 is 0 Å². The molecule has 0 atom stereocenters. The molecular weight excluding hydrogens is 206 g/mol. The van der Waals surface area contributed by atoms with Crippen LogP contribution in [0.4, 0.5) is 0 Å². The van der Waals surface area contributed by atoms with Gasteiger partial charge in [0.05, 0.1) is 6.54 Å². The van der Waals surface area contributed by atoms with Gasteiger partial charge in [0, 0.05) is 6.38 Å². The summed E-state index contributed by atoms with van der Waals surface area (Å²) in [5.74, 6) is 0. The van der Waals surface area contributed by atoms with Gasteiger partial charge in [-0.1, -0.05) is 36.8 Å². The molecule has 0 aliphatic carbocycles. The maximum atomic E-state index is 4.64. The molecule has 0 saturated carbocycles. The predicted molar refractivity (Wildman–Crippen MR) is 68.1 cm³/mol. The third-order valence-electron chi connectivity index (χ3n) is 2.31. The van der Waals surface area contributed by atoms with Gasteiger partial charge < -0.3 is 5.73 Å². The molecule has 0 unspecified atom stereocenters. The van der Waals surface area contributed by atoms with Crippen LogP contribution >= 0.6 is 11.6 Å². The second kappa shape index (κ2) is 11.5. The first kappa shape index (κ1) is 14.5. The van der Waals surface area contributed by atoms with Gasteiger partial charge in [-0.3, -0.25) is 0 Å². The Kier molecular flexibility index (Phi) is 11.1. The summed E-state index contributed by atoms with van der Waals surface area (Å²) in [7, 11) is 0. The van der Waals surface area contributed by atoms with E-state index in [4.69, 9.17) is 0 Å². The van der Waals surface area contributed by atoms with Crippen molar-refractivity contribution in [2.75, 3.05) is 12.9 Å². The van der Waals surface area contributed by atoms with Crippen LogP contribution in [0.5, 0.6) is 0 Å². The summed E-state index contributed by atoms with van der Waals surface area (Å²) in [6, 6.07) is 10.7. The molecule has 0 aliphatic rings. The number of hydrogen-bond acceptors (Lipinski definition) is 0. The van der Waals surface area contributed by atoms with Crippen LogP contribution in [-0.4, -0.2) is 12.9 Å².